The van der Waals surface area contributed by atoms with Crippen LogP contribution < -0.4 is 14.8 Å². The molecule has 212 valence electrons. The molecule has 0 spiro atoms. The summed E-state index contributed by atoms with van der Waals surface area (Å²) in [5, 5.41) is 4.11. The molecule has 7 nitrogen and oxygen atoms in total. The molecule has 10 heteroatoms. The van der Waals surface area contributed by atoms with E-state index in [9.17, 15) is 13.2 Å². The lowest BCUT2D eigenvalue weighted by Gasteiger charge is -2.30. The number of fused-ring (bicyclic) bond motifs is 1. The smallest absolute Gasteiger partial charge is 0.490 e. The molecule has 3 aromatic rings. The number of ether oxygens (including phenoxy) is 2. The van der Waals surface area contributed by atoms with Crippen LogP contribution in [0.2, 0.25) is 0 Å². The summed E-state index contributed by atoms with van der Waals surface area (Å²) in [4.78, 5) is 9.43. The highest BCUT2D eigenvalue weighted by molar-refractivity contribution is 5.95. The number of hydrogen-bond acceptors (Lipinski definition) is 7. The first-order valence-corrected chi connectivity index (χ1v) is 13.8. The Morgan fingerprint density at radius 1 is 1.03 bits per heavy atom. The first-order chi connectivity index (χ1) is 18.7. The van der Waals surface area contributed by atoms with Gasteiger partial charge in [0.25, 0.3) is 0 Å². The Labute approximate surface area is 227 Å². The number of aromatic nitrogens is 1. The molecule has 2 aliphatic heterocycles. The lowest BCUT2D eigenvalue weighted by Crippen LogP contribution is -2.36. The van der Waals surface area contributed by atoms with E-state index in [2.05, 4.69) is 26.9 Å². The molecular weight excluding hydrogens is 509 g/mol. The maximum absolute atomic E-state index is 13.4. The number of pyridine rings is 1. The normalized spacial score (nSPS) is 17.7. The van der Waals surface area contributed by atoms with E-state index in [4.69, 9.17) is 14.1 Å². The highest BCUT2D eigenvalue weighted by atomic mass is 19.4. The van der Waals surface area contributed by atoms with Crippen molar-refractivity contribution in [3.63, 3.8) is 0 Å². The number of unbranched alkanes of at least 4 members (excludes halogenated alkanes) is 1. The second kappa shape index (κ2) is 12.0. The molecule has 5 rings (SSSR count). The fraction of sp³-hybridized carbons (Fsp3) is 0.552. The molecule has 39 heavy (non-hydrogen) atoms. The molecule has 2 aliphatic rings. The Bertz CT molecular complexity index is 1250. The van der Waals surface area contributed by atoms with Crippen molar-refractivity contribution >= 4 is 16.6 Å². The van der Waals surface area contributed by atoms with E-state index in [0.717, 1.165) is 64.2 Å². The van der Waals surface area contributed by atoms with Gasteiger partial charge in [-0.25, -0.2) is 4.98 Å². The van der Waals surface area contributed by atoms with Gasteiger partial charge in [0.15, 0.2) is 17.3 Å². The van der Waals surface area contributed by atoms with Gasteiger partial charge >= 0.3 is 6.36 Å². The van der Waals surface area contributed by atoms with Gasteiger partial charge in [-0.05, 0) is 109 Å². The van der Waals surface area contributed by atoms with Crippen molar-refractivity contribution in [2.24, 2.45) is 0 Å². The molecule has 2 aromatic heterocycles. The maximum atomic E-state index is 13.4. The lowest BCUT2D eigenvalue weighted by molar-refractivity contribution is -0.275. The summed E-state index contributed by atoms with van der Waals surface area (Å²) >= 11 is 0. The summed E-state index contributed by atoms with van der Waals surface area (Å²) in [7, 11) is 2.09. The summed E-state index contributed by atoms with van der Waals surface area (Å²) in [6, 6.07) is 8.69. The van der Waals surface area contributed by atoms with Gasteiger partial charge in [0, 0.05) is 23.2 Å². The number of likely N-dealkylation sites (tertiary alicyclic amines) is 2. The van der Waals surface area contributed by atoms with Gasteiger partial charge in [0.05, 0.1) is 12.1 Å². The van der Waals surface area contributed by atoms with E-state index in [1.807, 2.05) is 25.1 Å². The number of furan rings is 1. The van der Waals surface area contributed by atoms with E-state index in [-0.39, 0.29) is 17.5 Å². The second-order valence-electron chi connectivity index (χ2n) is 10.7. The number of aryl methyl sites for hydroxylation is 1. The molecule has 0 radical (unpaired) electrons. The van der Waals surface area contributed by atoms with Crippen LogP contribution in [0.1, 0.15) is 44.3 Å². The minimum Gasteiger partial charge on any atom is -0.490 e. The summed E-state index contributed by atoms with van der Waals surface area (Å²) in [5.41, 5.74) is 1.81. The number of halogens is 3. The highest BCUT2D eigenvalue weighted by Gasteiger charge is 2.33. The maximum Gasteiger partial charge on any atom is 0.573 e. The second-order valence-corrected chi connectivity index (χ2v) is 10.7. The molecule has 0 unspecified atom stereocenters. The van der Waals surface area contributed by atoms with Crippen molar-refractivity contribution in [3.05, 3.63) is 36.1 Å². The molecule has 2 saturated heterocycles. The van der Waals surface area contributed by atoms with Crippen LogP contribution in [0.5, 0.6) is 11.5 Å². The van der Waals surface area contributed by atoms with Crippen molar-refractivity contribution in [2.75, 3.05) is 51.7 Å². The van der Waals surface area contributed by atoms with Crippen molar-refractivity contribution in [1.29, 1.82) is 0 Å². The third-order valence-corrected chi connectivity index (χ3v) is 7.50. The third kappa shape index (κ3) is 7.36. The lowest BCUT2D eigenvalue weighted by atomic mass is 10.0. The highest BCUT2D eigenvalue weighted by Crippen LogP contribution is 2.40. The van der Waals surface area contributed by atoms with E-state index >= 15 is 0 Å². The Kier molecular flexibility index (Phi) is 8.52. The van der Waals surface area contributed by atoms with Gasteiger partial charge in [-0.3, -0.25) is 0 Å². The zero-order chi connectivity index (χ0) is 27.4. The Morgan fingerprint density at radius 2 is 1.79 bits per heavy atom. The Balaban J connectivity index is 1.44. The minimum absolute atomic E-state index is 0.0338. The van der Waals surface area contributed by atoms with Crippen molar-refractivity contribution in [3.8, 4) is 23.0 Å². The van der Waals surface area contributed by atoms with E-state index in [1.165, 1.54) is 18.9 Å². The summed E-state index contributed by atoms with van der Waals surface area (Å²) in [5.74, 6) is 1.03. The van der Waals surface area contributed by atoms with E-state index in [1.54, 1.807) is 6.07 Å². The van der Waals surface area contributed by atoms with Crippen LogP contribution in [-0.4, -0.2) is 73.6 Å². The fourth-order valence-corrected chi connectivity index (χ4v) is 5.37. The number of nitrogens with zero attached hydrogens (tertiary/aromatic N) is 3. The average molecular weight is 547 g/mol. The first-order valence-electron chi connectivity index (χ1n) is 13.8. The number of piperidine rings is 1. The Morgan fingerprint density at radius 3 is 2.49 bits per heavy atom. The zero-order valence-corrected chi connectivity index (χ0v) is 22.6. The van der Waals surface area contributed by atoms with E-state index in [0.29, 0.717) is 34.7 Å². The standard InChI is InChI=1S/C29H37F3N4O3/c1-20-7-8-26(38-20)25-18-23(33-21-9-14-35(2)15-10-21)22-17-28(39-29(30,31)32)27(19-24(22)34-25)37-16-6-5-13-36-11-3-4-12-36/h7-8,17-19,21H,3-6,9-16H2,1-2H3,(H,33,34). The van der Waals surface area contributed by atoms with Crippen LogP contribution in [0.4, 0.5) is 18.9 Å². The number of hydrogen-bond donors (Lipinski definition) is 1. The van der Waals surface area contributed by atoms with Crippen LogP contribution in [0, 0.1) is 6.92 Å². The van der Waals surface area contributed by atoms with Gasteiger partial charge in [0.1, 0.15) is 11.5 Å². The Hall–Kier alpha value is -2.98. The summed E-state index contributed by atoms with van der Waals surface area (Å²) in [6.07, 6.45) is 1.14. The van der Waals surface area contributed by atoms with Crippen LogP contribution >= 0.6 is 0 Å². The molecule has 0 aliphatic carbocycles. The van der Waals surface area contributed by atoms with Gasteiger partial charge in [0.2, 0.25) is 0 Å². The van der Waals surface area contributed by atoms with Gasteiger partial charge in [-0.1, -0.05) is 0 Å². The van der Waals surface area contributed by atoms with Crippen molar-refractivity contribution in [2.45, 2.75) is 57.9 Å². The molecule has 0 saturated carbocycles. The predicted octanol–water partition coefficient (Wildman–Crippen LogP) is 6.46. The van der Waals surface area contributed by atoms with Gasteiger partial charge in [-0.2, -0.15) is 0 Å². The quantitative estimate of drug-likeness (QED) is 0.293. The van der Waals surface area contributed by atoms with Crippen LogP contribution in [0.25, 0.3) is 22.4 Å². The monoisotopic (exact) mass is 546 g/mol. The van der Waals surface area contributed by atoms with Crippen LogP contribution in [0.15, 0.2) is 34.7 Å². The van der Waals surface area contributed by atoms with Crippen LogP contribution in [-0.2, 0) is 0 Å². The van der Waals surface area contributed by atoms with Crippen molar-refractivity contribution < 1.29 is 27.1 Å². The van der Waals surface area contributed by atoms with Gasteiger partial charge < -0.3 is 29.0 Å². The van der Waals surface area contributed by atoms with E-state index < -0.39 is 6.36 Å². The molecule has 0 bridgehead atoms. The zero-order valence-electron chi connectivity index (χ0n) is 22.6. The fourth-order valence-electron chi connectivity index (χ4n) is 5.37. The van der Waals surface area contributed by atoms with Gasteiger partial charge in [-0.15, -0.1) is 13.2 Å². The molecular formula is C29H37F3N4O3. The average Bonchev–Trinajstić information content (AvgIpc) is 3.56. The predicted molar refractivity (Wildman–Crippen MR) is 145 cm³/mol. The molecule has 2 fully saturated rings. The molecule has 0 atom stereocenters. The summed E-state index contributed by atoms with van der Waals surface area (Å²) < 4.78 is 56.4. The molecule has 1 aromatic carbocycles. The third-order valence-electron chi connectivity index (χ3n) is 7.50. The number of alkyl halides is 3. The molecule has 0 amide bonds. The topological polar surface area (TPSA) is 63.0 Å². The first kappa shape index (κ1) is 27.6. The molecule has 4 heterocycles. The summed E-state index contributed by atoms with van der Waals surface area (Å²) in [6.45, 7) is 7.26. The number of nitrogens with one attached hydrogen (secondary N) is 1. The largest absolute Gasteiger partial charge is 0.573 e. The number of rotatable bonds is 10. The van der Waals surface area contributed by atoms with Crippen LogP contribution in [0.3, 0.4) is 0 Å². The minimum atomic E-state index is -4.85. The number of benzene rings is 1. The SMILES string of the molecule is Cc1ccc(-c2cc(NC3CCN(C)CC3)c3cc(OC(F)(F)F)c(OCCCCN4CCCC4)cc3n2)o1. The molecule has 1 N–H and O–H groups in total. The number of anilines is 1. The van der Waals surface area contributed by atoms with Crippen molar-refractivity contribution in [1.82, 2.24) is 14.8 Å².